The molecule has 2 amide bonds. The van der Waals surface area contributed by atoms with Gasteiger partial charge in [-0.25, -0.2) is 4.79 Å². The molecule has 11 nitrogen and oxygen atoms in total. The van der Waals surface area contributed by atoms with Crippen molar-refractivity contribution in [1.82, 2.24) is 14.7 Å². The lowest BCUT2D eigenvalue weighted by atomic mass is 9.79. The fourth-order valence-electron chi connectivity index (χ4n) is 5.89. The molecular weight excluding hydrogens is 472 g/mol. The van der Waals surface area contributed by atoms with Crippen LogP contribution in [-0.2, 0) is 14.4 Å². The van der Waals surface area contributed by atoms with Crippen LogP contribution < -0.4 is 5.73 Å². The first-order valence-corrected chi connectivity index (χ1v) is 12.9. The van der Waals surface area contributed by atoms with E-state index in [1.54, 1.807) is 30.6 Å². The lowest BCUT2D eigenvalue weighted by Crippen LogP contribution is -2.63. The molecule has 0 bridgehead atoms. The summed E-state index contributed by atoms with van der Waals surface area (Å²) >= 11 is 1.39. The first-order chi connectivity index (χ1) is 16.4. The van der Waals surface area contributed by atoms with E-state index < -0.39 is 24.0 Å². The highest BCUT2D eigenvalue weighted by atomic mass is 32.2. The molecule has 3 saturated heterocycles. The molecule has 4 heterocycles. The van der Waals surface area contributed by atoms with Crippen LogP contribution in [-0.4, -0.2) is 103 Å². The van der Waals surface area contributed by atoms with Crippen molar-refractivity contribution in [2.75, 3.05) is 19.6 Å². The number of rotatable bonds is 6. The van der Waals surface area contributed by atoms with Crippen LogP contribution in [0.3, 0.4) is 0 Å². The van der Waals surface area contributed by atoms with E-state index in [9.17, 15) is 24.6 Å². The number of nitrogens with two attached hydrogens (primary N) is 1. The van der Waals surface area contributed by atoms with Gasteiger partial charge in [-0.15, -0.1) is 11.8 Å². The number of aliphatic hydroxyl groups is 1. The number of hydrogen-bond acceptors (Lipinski definition) is 7. The van der Waals surface area contributed by atoms with Gasteiger partial charge in [0.05, 0.1) is 35.8 Å². The van der Waals surface area contributed by atoms with Gasteiger partial charge in [0.15, 0.2) is 0 Å². The number of hydrogen-bond donors (Lipinski definition) is 4. The van der Waals surface area contributed by atoms with E-state index >= 15 is 0 Å². The molecule has 4 aliphatic rings. The number of aliphatic imine (C=N–C) groups is 1. The van der Waals surface area contributed by atoms with Gasteiger partial charge in [-0.2, -0.15) is 0 Å². The van der Waals surface area contributed by atoms with Crippen molar-refractivity contribution in [3.05, 3.63) is 10.6 Å². The van der Waals surface area contributed by atoms with Crippen molar-refractivity contribution >= 4 is 41.2 Å². The lowest BCUT2D eigenvalue weighted by molar-refractivity contribution is -0.163. The highest BCUT2D eigenvalue weighted by molar-refractivity contribution is 8.03. The normalized spacial score (nSPS) is 33.8. The second-order valence-electron chi connectivity index (χ2n) is 10.00. The molecule has 12 heteroatoms. The van der Waals surface area contributed by atoms with Crippen LogP contribution in [0.25, 0.3) is 0 Å². The molecule has 0 spiro atoms. The quantitative estimate of drug-likeness (QED) is 0.227. The van der Waals surface area contributed by atoms with Gasteiger partial charge in [-0.05, 0) is 33.6 Å². The maximum atomic E-state index is 13.4. The number of nitrogens with zero attached hydrogens (tertiary/aromatic N) is 4. The molecule has 0 saturated carbocycles. The third kappa shape index (κ3) is 4.42. The van der Waals surface area contributed by atoms with Crippen molar-refractivity contribution in [2.45, 2.75) is 70.0 Å². The van der Waals surface area contributed by atoms with Gasteiger partial charge in [-0.3, -0.25) is 20.0 Å². The van der Waals surface area contributed by atoms with Gasteiger partial charge in [0.1, 0.15) is 11.7 Å². The van der Waals surface area contributed by atoms with Gasteiger partial charge >= 0.3 is 5.97 Å². The summed E-state index contributed by atoms with van der Waals surface area (Å²) in [6, 6.07) is -0.888. The average molecular weight is 507 g/mol. The number of aliphatic carboxylic acids is 1. The number of amides is 2. The van der Waals surface area contributed by atoms with Crippen molar-refractivity contribution in [1.29, 1.82) is 5.41 Å². The van der Waals surface area contributed by atoms with E-state index in [-0.39, 0.29) is 46.6 Å². The topological polar surface area (TPSA) is 164 Å². The van der Waals surface area contributed by atoms with E-state index in [4.69, 9.17) is 11.1 Å². The SMILES string of the molecule is CC(=N)N1C[C@@H](SC2=C(C(=O)O)N3C(=O)[C@H](C(C)O)[C@H]3[C@H]2C)C[C@H]1C(=O)N1CCC(N=C(C)N)C1. The molecule has 0 radical (unpaired) electrons. The Morgan fingerprint density at radius 1 is 1.29 bits per heavy atom. The van der Waals surface area contributed by atoms with Crippen LogP contribution in [0.4, 0.5) is 0 Å². The van der Waals surface area contributed by atoms with Crippen LogP contribution in [0, 0.1) is 17.2 Å². The molecule has 4 rings (SSSR count). The van der Waals surface area contributed by atoms with E-state index in [1.807, 2.05) is 6.92 Å². The summed E-state index contributed by atoms with van der Waals surface area (Å²) < 4.78 is 0. The highest BCUT2D eigenvalue weighted by Gasteiger charge is 2.60. The Labute approximate surface area is 208 Å². The summed E-state index contributed by atoms with van der Waals surface area (Å²) in [4.78, 5) is 48.0. The Bertz CT molecular complexity index is 1010. The van der Waals surface area contributed by atoms with E-state index in [2.05, 4.69) is 4.99 Å². The summed E-state index contributed by atoms with van der Waals surface area (Å²) in [6.45, 7) is 8.35. The molecule has 2 unspecified atom stereocenters. The van der Waals surface area contributed by atoms with Gasteiger partial charge < -0.3 is 30.6 Å². The summed E-state index contributed by atoms with van der Waals surface area (Å²) in [5.74, 6) is -1.63. The first-order valence-electron chi connectivity index (χ1n) is 12.0. The van der Waals surface area contributed by atoms with Gasteiger partial charge in [-0.1, -0.05) is 6.92 Å². The Morgan fingerprint density at radius 3 is 2.54 bits per heavy atom. The molecular formula is C23H34N6O5S. The molecule has 192 valence electrons. The predicted octanol–water partition coefficient (Wildman–Crippen LogP) is 0.291. The summed E-state index contributed by atoms with van der Waals surface area (Å²) in [5, 5.41) is 28.1. The second kappa shape index (κ2) is 9.45. The third-order valence-corrected chi connectivity index (χ3v) is 8.94. The smallest absolute Gasteiger partial charge is 0.353 e. The van der Waals surface area contributed by atoms with Gasteiger partial charge in [0.25, 0.3) is 0 Å². The number of nitrogens with one attached hydrogen (secondary N) is 1. The van der Waals surface area contributed by atoms with Gasteiger partial charge in [0, 0.05) is 35.7 Å². The van der Waals surface area contributed by atoms with E-state index in [0.717, 1.165) is 6.42 Å². The minimum atomic E-state index is -1.16. The molecule has 5 N–H and O–H groups in total. The van der Waals surface area contributed by atoms with Crippen molar-refractivity contribution < 1.29 is 24.6 Å². The first kappa shape index (κ1) is 25.5. The Morgan fingerprint density at radius 2 is 1.97 bits per heavy atom. The number of carbonyl (C=O) groups is 3. The standard InChI is InChI=1S/C23H34N6O5S/c1-10-18-17(11(2)30)22(32)29(18)19(23(33)34)20(10)35-15-7-16(28(9-15)13(4)25)21(31)27-6-5-14(8-27)26-12(3)24/h10-11,14-18,25,30H,5-9H2,1-4H3,(H2,24,26)(H,33,34)/t10-,11?,14?,15+,16+,17-,18-/m1/s1. The predicted molar refractivity (Wildman–Crippen MR) is 132 cm³/mol. The van der Waals surface area contributed by atoms with Crippen LogP contribution in [0.5, 0.6) is 0 Å². The second-order valence-corrected chi connectivity index (χ2v) is 11.3. The molecule has 0 aromatic carbocycles. The number of carboxylic acids is 1. The molecule has 35 heavy (non-hydrogen) atoms. The number of likely N-dealkylation sites (tertiary alicyclic amines) is 2. The number of aliphatic hydroxyl groups excluding tert-OH is 1. The fourth-order valence-corrected chi connectivity index (χ4v) is 7.42. The fraction of sp³-hybridized carbons (Fsp3) is 0.696. The van der Waals surface area contributed by atoms with Crippen molar-refractivity contribution in [2.24, 2.45) is 22.6 Å². The molecule has 7 atom stereocenters. The zero-order valence-electron chi connectivity index (χ0n) is 20.5. The monoisotopic (exact) mass is 506 g/mol. The zero-order valence-corrected chi connectivity index (χ0v) is 21.3. The Balaban J connectivity index is 1.51. The Kier molecular flexibility index (Phi) is 6.89. The summed E-state index contributed by atoms with van der Waals surface area (Å²) in [6.07, 6.45) is 0.366. The van der Waals surface area contributed by atoms with Crippen LogP contribution in [0.1, 0.15) is 40.5 Å². The minimum absolute atomic E-state index is 0.0142. The molecule has 0 aromatic heterocycles. The van der Waals surface area contributed by atoms with Crippen LogP contribution in [0.2, 0.25) is 0 Å². The zero-order chi connectivity index (χ0) is 25.8. The van der Waals surface area contributed by atoms with Crippen LogP contribution in [0.15, 0.2) is 15.6 Å². The van der Waals surface area contributed by atoms with Gasteiger partial charge in [0.2, 0.25) is 11.8 Å². The van der Waals surface area contributed by atoms with E-state index in [0.29, 0.717) is 36.8 Å². The maximum Gasteiger partial charge on any atom is 0.353 e. The largest absolute Gasteiger partial charge is 0.477 e. The van der Waals surface area contributed by atoms with Crippen LogP contribution >= 0.6 is 11.8 Å². The Hall–Kier alpha value is -2.60. The van der Waals surface area contributed by atoms with E-state index in [1.165, 1.54) is 16.7 Å². The number of fused-ring (bicyclic) bond motifs is 1. The lowest BCUT2D eigenvalue weighted by Gasteiger charge is -2.46. The average Bonchev–Trinajstić information content (AvgIpc) is 3.44. The number of carbonyl (C=O) groups excluding carboxylic acids is 2. The number of amidine groups is 2. The number of β-lactam (4-membered cyclic amide) rings is 1. The highest BCUT2D eigenvalue weighted by Crippen LogP contribution is 2.52. The molecule has 0 aliphatic carbocycles. The minimum Gasteiger partial charge on any atom is -0.477 e. The number of carboxylic acid groups (broad SMARTS) is 1. The van der Waals surface area contributed by atoms with Crippen molar-refractivity contribution in [3.8, 4) is 0 Å². The summed E-state index contributed by atoms with van der Waals surface area (Å²) in [7, 11) is 0. The molecule has 4 aliphatic heterocycles. The molecule has 0 aromatic rings. The number of thioether (sulfide) groups is 1. The summed E-state index contributed by atoms with van der Waals surface area (Å²) in [5.41, 5.74) is 5.68. The molecule has 3 fully saturated rings. The maximum absolute atomic E-state index is 13.4. The van der Waals surface area contributed by atoms with Crippen molar-refractivity contribution in [3.63, 3.8) is 0 Å². The third-order valence-electron chi connectivity index (χ3n) is 7.44.